The largest absolute Gasteiger partial charge is 0.368 e. The quantitative estimate of drug-likeness (QED) is 0.935. The second-order valence-corrected chi connectivity index (χ2v) is 6.50. The highest BCUT2D eigenvalue weighted by atomic mass is 16.5. The zero-order valence-corrected chi connectivity index (χ0v) is 14.4. The van der Waals surface area contributed by atoms with E-state index in [1.807, 2.05) is 24.3 Å². The van der Waals surface area contributed by atoms with Crippen LogP contribution in [0, 0.1) is 11.3 Å². The Morgan fingerprint density at radius 3 is 2.67 bits per heavy atom. The molecule has 0 bridgehead atoms. The first-order valence-electron chi connectivity index (χ1n) is 8.36. The first-order chi connectivity index (χ1) is 11.6. The van der Waals surface area contributed by atoms with Crippen molar-refractivity contribution in [3.8, 4) is 6.07 Å². The van der Waals surface area contributed by atoms with E-state index in [1.54, 1.807) is 0 Å². The number of rotatable bonds is 4. The maximum atomic E-state index is 8.92. The van der Waals surface area contributed by atoms with Gasteiger partial charge in [-0.25, -0.2) is 4.98 Å². The van der Waals surface area contributed by atoms with E-state index in [2.05, 4.69) is 46.9 Å². The molecule has 0 saturated carbocycles. The van der Waals surface area contributed by atoms with Gasteiger partial charge in [0.25, 0.3) is 0 Å². The Hall–Kier alpha value is -2.23. The second kappa shape index (κ2) is 7.12. The molecular formula is C18H23N5O. The number of ether oxygens (including phenoxy) is 1. The van der Waals surface area contributed by atoms with Crippen molar-refractivity contribution in [3.63, 3.8) is 0 Å². The Morgan fingerprint density at radius 2 is 2.04 bits per heavy atom. The van der Waals surface area contributed by atoms with Gasteiger partial charge in [0.2, 0.25) is 0 Å². The van der Waals surface area contributed by atoms with Crippen LogP contribution in [0.15, 0.2) is 24.3 Å². The third-order valence-corrected chi connectivity index (χ3v) is 4.51. The number of H-pyrrole nitrogens is 1. The molecule has 0 spiro atoms. The predicted molar refractivity (Wildman–Crippen MR) is 90.3 cm³/mol. The molecule has 0 aliphatic carbocycles. The molecule has 1 fully saturated rings. The summed E-state index contributed by atoms with van der Waals surface area (Å²) in [5.41, 5.74) is 1.89. The van der Waals surface area contributed by atoms with Gasteiger partial charge in [0, 0.05) is 25.0 Å². The van der Waals surface area contributed by atoms with Crippen LogP contribution in [0.3, 0.4) is 0 Å². The first-order valence-corrected chi connectivity index (χ1v) is 8.36. The van der Waals surface area contributed by atoms with Crippen LogP contribution in [0.5, 0.6) is 0 Å². The molecule has 2 heterocycles. The smallest absolute Gasteiger partial charge is 0.155 e. The van der Waals surface area contributed by atoms with Crippen molar-refractivity contribution in [1.82, 2.24) is 20.1 Å². The lowest BCUT2D eigenvalue weighted by Gasteiger charge is -2.36. The van der Waals surface area contributed by atoms with E-state index in [0.717, 1.165) is 24.7 Å². The van der Waals surface area contributed by atoms with Gasteiger partial charge in [0.1, 0.15) is 6.10 Å². The zero-order chi connectivity index (χ0) is 17.1. The predicted octanol–water partition coefficient (Wildman–Crippen LogP) is 2.93. The fraction of sp³-hybridized carbons (Fsp3) is 0.500. The van der Waals surface area contributed by atoms with Gasteiger partial charge in [0.05, 0.1) is 18.2 Å². The minimum Gasteiger partial charge on any atom is -0.368 e. The van der Waals surface area contributed by atoms with Crippen molar-refractivity contribution in [1.29, 1.82) is 5.26 Å². The Balaban J connectivity index is 1.71. The van der Waals surface area contributed by atoms with E-state index < -0.39 is 0 Å². The van der Waals surface area contributed by atoms with Gasteiger partial charge in [-0.1, -0.05) is 26.0 Å². The summed E-state index contributed by atoms with van der Waals surface area (Å²) in [6.45, 7) is 8.66. The van der Waals surface area contributed by atoms with Crippen LogP contribution < -0.4 is 0 Å². The van der Waals surface area contributed by atoms with Gasteiger partial charge in [-0.2, -0.15) is 10.4 Å². The molecule has 1 aromatic carbocycles. The van der Waals surface area contributed by atoms with Gasteiger partial charge >= 0.3 is 0 Å². The van der Waals surface area contributed by atoms with Crippen molar-refractivity contribution in [2.24, 2.45) is 0 Å². The summed E-state index contributed by atoms with van der Waals surface area (Å²) in [5.74, 6) is 1.92. The Labute approximate surface area is 142 Å². The number of nitrogens with one attached hydrogen (secondary N) is 1. The van der Waals surface area contributed by atoms with Crippen molar-refractivity contribution >= 4 is 0 Å². The summed E-state index contributed by atoms with van der Waals surface area (Å²) < 4.78 is 5.89. The van der Waals surface area contributed by atoms with Crippen molar-refractivity contribution in [2.45, 2.75) is 38.8 Å². The van der Waals surface area contributed by atoms with Crippen LogP contribution in [0.4, 0.5) is 0 Å². The SMILES string of the molecule is CC(C)c1n[nH]c(C2CN(C(C)c3ccc(C#N)cc3)CCO2)n1. The molecule has 2 unspecified atom stereocenters. The Morgan fingerprint density at radius 1 is 1.29 bits per heavy atom. The summed E-state index contributed by atoms with van der Waals surface area (Å²) in [6.07, 6.45) is -0.0837. The van der Waals surface area contributed by atoms with Gasteiger partial charge in [-0.15, -0.1) is 0 Å². The highest BCUT2D eigenvalue weighted by Gasteiger charge is 2.28. The van der Waals surface area contributed by atoms with Crippen LogP contribution in [0.25, 0.3) is 0 Å². The molecule has 2 aromatic rings. The van der Waals surface area contributed by atoms with E-state index in [1.165, 1.54) is 5.56 Å². The number of hydrogen-bond donors (Lipinski definition) is 1. The average molecular weight is 325 g/mol. The third kappa shape index (κ3) is 3.48. The van der Waals surface area contributed by atoms with Crippen molar-refractivity contribution in [3.05, 3.63) is 47.0 Å². The summed E-state index contributed by atoms with van der Waals surface area (Å²) in [4.78, 5) is 6.95. The molecule has 126 valence electrons. The van der Waals surface area contributed by atoms with Crippen molar-refractivity contribution < 1.29 is 4.74 Å². The average Bonchev–Trinajstić information content (AvgIpc) is 3.12. The van der Waals surface area contributed by atoms with E-state index in [4.69, 9.17) is 10.00 Å². The molecule has 1 aromatic heterocycles. The molecule has 1 aliphatic heterocycles. The van der Waals surface area contributed by atoms with E-state index >= 15 is 0 Å². The summed E-state index contributed by atoms with van der Waals surface area (Å²) >= 11 is 0. The number of benzene rings is 1. The molecular weight excluding hydrogens is 302 g/mol. The molecule has 1 N–H and O–H groups in total. The van der Waals surface area contributed by atoms with Gasteiger partial charge in [-0.05, 0) is 24.6 Å². The number of aromatic nitrogens is 3. The number of aromatic amines is 1. The zero-order valence-electron chi connectivity index (χ0n) is 14.4. The van der Waals surface area contributed by atoms with Crippen LogP contribution >= 0.6 is 0 Å². The molecule has 24 heavy (non-hydrogen) atoms. The van der Waals surface area contributed by atoms with Crippen molar-refractivity contribution in [2.75, 3.05) is 19.7 Å². The van der Waals surface area contributed by atoms with Crippen LogP contribution in [-0.4, -0.2) is 39.8 Å². The van der Waals surface area contributed by atoms with Gasteiger partial charge in [-0.3, -0.25) is 10.00 Å². The molecule has 6 heteroatoms. The van der Waals surface area contributed by atoms with Crippen LogP contribution in [-0.2, 0) is 4.74 Å². The summed E-state index contributed by atoms with van der Waals surface area (Å²) in [5, 5.41) is 16.2. The maximum absolute atomic E-state index is 8.92. The highest BCUT2D eigenvalue weighted by Crippen LogP contribution is 2.27. The lowest BCUT2D eigenvalue weighted by molar-refractivity contribution is -0.0470. The maximum Gasteiger partial charge on any atom is 0.155 e. The van der Waals surface area contributed by atoms with E-state index in [0.29, 0.717) is 18.1 Å². The molecule has 0 amide bonds. The van der Waals surface area contributed by atoms with Gasteiger partial charge in [0.15, 0.2) is 11.6 Å². The lowest BCUT2D eigenvalue weighted by atomic mass is 10.0. The van der Waals surface area contributed by atoms with Crippen LogP contribution in [0.2, 0.25) is 0 Å². The molecule has 2 atom stereocenters. The van der Waals surface area contributed by atoms with E-state index in [9.17, 15) is 0 Å². The Kier molecular flexibility index (Phi) is 4.93. The molecule has 0 radical (unpaired) electrons. The topological polar surface area (TPSA) is 77.8 Å². The minimum atomic E-state index is -0.0837. The van der Waals surface area contributed by atoms with Gasteiger partial charge < -0.3 is 4.74 Å². The number of morpholine rings is 1. The molecule has 6 nitrogen and oxygen atoms in total. The first kappa shape index (κ1) is 16.6. The second-order valence-electron chi connectivity index (χ2n) is 6.50. The standard InChI is InChI=1S/C18H23N5O/c1-12(2)17-20-18(22-21-17)16-11-23(8-9-24-16)13(3)15-6-4-14(10-19)5-7-15/h4-7,12-13,16H,8-9,11H2,1-3H3,(H,20,21,22). The Bertz CT molecular complexity index is 716. The lowest BCUT2D eigenvalue weighted by Crippen LogP contribution is -2.40. The fourth-order valence-electron chi connectivity index (χ4n) is 2.92. The normalized spacial score (nSPS) is 20.0. The third-order valence-electron chi connectivity index (χ3n) is 4.51. The fourth-order valence-corrected chi connectivity index (χ4v) is 2.92. The molecule has 3 rings (SSSR count). The number of nitriles is 1. The highest BCUT2D eigenvalue weighted by molar-refractivity contribution is 5.32. The summed E-state index contributed by atoms with van der Waals surface area (Å²) in [7, 11) is 0. The minimum absolute atomic E-state index is 0.0837. The number of hydrogen-bond acceptors (Lipinski definition) is 5. The van der Waals surface area contributed by atoms with E-state index in [-0.39, 0.29) is 12.1 Å². The molecule has 1 aliphatic rings. The molecule has 1 saturated heterocycles. The monoisotopic (exact) mass is 325 g/mol. The number of nitrogens with zero attached hydrogens (tertiary/aromatic N) is 4. The summed E-state index contributed by atoms with van der Waals surface area (Å²) in [6, 6.07) is 10.2. The van der Waals surface area contributed by atoms with Crippen LogP contribution in [0.1, 0.15) is 61.6 Å².